The van der Waals surface area contributed by atoms with Crippen molar-refractivity contribution in [2.45, 2.75) is 20.3 Å². The summed E-state index contributed by atoms with van der Waals surface area (Å²) in [5, 5.41) is 8.82. The predicted octanol–water partition coefficient (Wildman–Crippen LogP) is 4.02. The first-order valence-corrected chi connectivity index (χ1v) is 7.02. The van der Waals surface area contributed by atoms with E-state index in [0.717, 1.165) is 29.0 Å². The van der Waals surface area contributed by atoms with Crippen molar-refractivity contribution in [3.63, 3.8) is 0 Å². The Hall–Kier alpha value is -2.47. The molecule has 0 amide bonds. The molecule has 21 heavy (non-hydrogen) atoms. The molecule has 2 rings (SSSR count). The fraction of sp³-hybridized carbons (Fsp3) is 0.278. The van der Waals surface area contributed by atoms with Gasteiger partial charge in [0.2, 0.25) is 0 Å². The van der Waals surface area contributed by atoms with Crippen LogP contribution in [-0.4, -0.2) is 13.2 Å². The molecule has 0 saturated heterocycles. The molecule has 3 heteroatoms. The molecule has 0 aliphatic rings. The maximum Gasteiger partial charge on any atom is 0.125 e. The van der Waals surface area contributed by atoms with Gasteiger partial charge in [-0.25, -0.2) is 0 Å². The van der Waals surface area contributed by atoms with Crippen LogP contribution in [0.25, 0.3) is 0 Å². The number of ether oxygens (including phenoxy) is 2. The molecule has 0 atom stereocenters. The first-order chi connectivity index (χ1) is 10.2. The van der Waals surface area contributed by atoms with Crippen LogP contribution in [-0.2, 0) is 0 Å². The molecule has 0 aromatic heterocycles. The average Bonchev–Trinajstić information content (AvgIpc) is 2.50. The largest absolute Gasteiger partial charge is 0.493 e. The normalized spacial score (nSPS) is 9.95. The summed E-state index contributed by atoms with van der Waals surface area (Å²) >= 11 is 0. The number of nitrogens with zero attached hydrogens (tertiary/aromatic N) is 1. The van der Waals surface area contributed by atoms with E-state index >= 15 is 0 Å². The van der Waals surface area contributed by atoms with E-state index in [2.05, 4.69) is 6.07 Å². The van der Waals surface area contributed by atoms with Gasteiger partial charge in [0.05, 0.1) is 24.8 Å². The Kier molecular flexibility index (Phi) is 5.22. The van der Waals surface area contributed by atoms with E-state index < -0.39 is 0 Å². The van der Waals surface area contributed by atoms with E-state index in [1.165, 1.54) is 0 Å². The second-order valence-electron chi connectivity index (χ2n) is 4.91. The lowest BCUT2D eigenvalue weighted by atomic mass is 10.1. The summed E-state index contributed by atoms with van der Waals surface area (Å²) in [4.78, 5) is 0. The van der Waals surface area contributed by atoms with Gasteiger partial charge in [-0.15, -0.1) is 0 Å². The third kappa shape index (κ3) is 4.25. The van der Waals surface area contributed by atoms with Crippen LogP contribution >= 0.6 is 0 Å². The number of hydrogen-bond acceptors (Lipinski definition) is 3. The minimum Gasteiger partial charge on any atom is -0.493 e. The summed E-state index contributed by atoms with van der Waals surface area (Å²) in [6.45, 7) is 5.28. The molecule has 0 N–H and O–H groups in total. The standard InChI is InChI=1S/C18H19NO2/c1-14-6-3-7-15(2)18(14)21-11-5-10-20-17-9-4-8-16(12-17)13-19/h3-4,6-9,12H,5,10-11H2,1-2H3. The van der Waals surface area contributed by atoms with Crippen LogP contribution in [0, 0.1) is 25.2 Å². The zero-order chi connectivity index (χ0) is 15.1. The van der Waals surface area contributed by atoms with Gasteiger partial charge < -0.3 is 9.47 Å². The minimum atomic E-state index is 0.569. The average molecular weight is 281 g/mol. The molecule has 2 aromatic carbocycles. The number of benzene rings is 2. The minimum absolute atomic E-state index is 0.569. The zero-order valence-electron chi connectivity index (χ0n) is 12.4. The van der Waals surface area contributed by atoms with E-state index in [-0.39, 0.29) is 0 Å². The first kappa shape index (κ1) is 14.9. The van der Waals surface area contributed by atoms with Crippen LogP contribution in [0.1, 0.15) is 23.1 Å². The molecule has 0 saturated carbocycles. The lowest BCUT2D eigenvalue weighted by molar-refractivity contribution is 0.245. The van der Waals surface area contributed by atoms with Crippen LogP contribution in [0.2, 0.25) is 0 Å². The Morgan fingerprint density at radius 3 is 2.33 bits per heavy atom. The summed E-state index contributed by atoms with van der Waals surface area (Å²) < 4.78 is 11.4. The van der Waals surface area contributed by atoms with E-state index in [1.54, 1.807) is 12.1 Å². The van der Waals surface area contributed by atoms with Crippen molar-refractivity contribution in [3.05, 3.63) is 59.2 Å². The van der Waals surface area contributed by atoms with Gasteiger partial charge >= 0.3 is 0 Å². The highest BCUT2D eigenvalue weighted by Crippen LogP contribution is 2.22. The molecule has 3 nitrogen and oxygen atoms in total. The van der Waals surface area contributed by atoms with Gasteiger partial charge in [-0.2, -0.15) is 5.26 Å². The van der Waals surface area contributed by atoms with Crippen molar-refractivity contribution in [2.24, 2.45) is 0 Å². The maximum atomic E-state index is 8.82. The molecular formula is C18H19NO2. The van der Waals surface area contributed by atoms with Crippen molar-refractivity contribution in [3.8, 4) is 17.6 Å². The smallest absolute Gasteiger partial charge is 0.125 e. The fourth-order valence-electron chi connectivity index (χ4n) is 2.11. The van der Waals surface area contributed by atoms with E-state index in [4.69, 9.17) is 14.7 Å². The molecule has 0 bridgehead atoms. The Balaban J connectivity index is 1.76. The van der Waals surface area contributed by atoms with Crippen molar-refractivity contribution < 1.29 is 9.47 Å². The zero-order valence-corrected chi connectivity index (χ0v) is 12.4. The molecule has 0 aliphatic heterocycles. The first-order valence-electron chi connectivity index (χ1n) is 7.02. The van der Waals surface area contributed by atoms with Gasteiger partial charge in [0.25, 0.3) is 0 Å². The van der Waals surface area contributed by atoms with Crippen molar-refractivity contribution in [2.75, 3.05) is 13.2 Å². The molecular weight excluding hydrogens is 262 g/mol. The summed E-state index contributed by atoms with van der Waals surface area (Å²) in [6, 6.07) is 15.4. The number of aryl methyl sites for hydroxylation is 2. The van der Waals surface area contributed by atoms with E-state index in [1.807, 2.05) is 44.2 Å². The summed E-state index contributed by atoms with van der Waals surface area (Å²) in [5.74, 6) is 1.69. The van der Waals surface area contributed by atoms with Gasteiger partial charge in [-0.3, -0.25) is 0 Å². The topological polar surface area (TPSA) is 42.2 Å². The van der Waals surface area contributed by atoms with Gasteiger partial charge in [0.1, 0.15) is 11.5 Å². The molecule has 0 fully saturated rings. The van der Waals surface area contributed by atoms with Crippen molar-refractivity contribution in [1.82, 2.24) is 0 Å². The monoisotopic (exact) mass is 281 g/mol. The third-order valence-corrected chi connectivity index (χ3v) is 3.18. The van der Waals surface area contributed by atoms with Crippen LogP contribution in [0.5, 0.6) is 11.5 Å². The Morgan fingerprint density at radius 2 is 1.62 bits per heavy atom. The lowest BCUT2D eigenvalue weighted by Gasteiger charge is -2.12. The molecule has 0 aliphatic carbocycles. The molecule has 0 spiro atoms. The predicted molar refractivity (Wildman–Crippen MR) is 82.7 cm³/mol. The molecule has 2 aromatic rings. The maximum absolute atomic E-state index is 8.82. The summed E-state index contributed by atoms with van der Waals surface area (Å²) in [5.41, 5.74) is 2.91. The second kappa shape index (κ2) is 7.35. The van der Waals surface area contributed by atoms with Crippen LogP contribution in [0.3, 0.4) is 0 Å². The second-order valence-corrected chi connectivity index (χ2v) is 4.91. The number of hydrogen-bond donors (Lipinski definition) is 0. The van der Waals surface area contributed by atoms with E-state index in [9.17, 15) is 0 Å². The fourth-order valence-corrected chi connectivity index (χ4v) is 2.11. The lowest BCUT2D eigenvalue weighted by Crippen LogP contribution is -2.06. The third-order valence-electron chi connectivity index (χ3n) is 3.18. The molecule has 0 heterocycles. The van der Waals surface area contributed by atoms with Crippen molar-refractivity contribution >= 4 is 0 Å². The van der Waals surface area contributed by atoms with Crippen LogP contribution in [0.15, 0.2) is 42.5 Å². The van der Waals surface area contributed by atoms with Crippen LogP contribution in [0.4, 0.5) is 0 Å². The van der Waals surface area contributed by atoms with Gasteiger partial charge in [-0.05, 0) is 43.2 Å². The SMILES string of the molecule is Cc1cccc(C)c1OCCCOc1cccc(C#N)c1. The summed E-state index contributed by atoms with van der Waals surface area (Å²) in [7, 11) is 0. The Labute approximate surface area is 125 Å². The Bertz CT molecular complexity index is 624. The number of rotatable bonds is 6. The van der Waals surface area contributed by atoms with Gasteiger partial charge in [0.15, 0.2) is 0 Å². The van der Waals surface area contributed by atoms with Gasteiger partial charge in [0, 0.05) is 6.42 Å². The summed E-state index contributed by atoms with van der Waals surface area (Å²) in [6.07, 6.45) is 0.796. The molecule has 0 unspecified atom stereocenters. The molecule has 108 valence electrons. The molecule has 0 radical (unpaired) electrons. The Morgan fingerprint density at radius 1 is 0.952 bits per heavy atom. The highest BCUT2D eigenvalue weighted by Gasteiger charge is 2.03. The van der Waals surface area contributed by atoms with E-state index in [0.29, 0.717) is 18.8 Å². The highest BCUT2D eigenvalue weighted by molar-refractivity contribution is 5.39. The van der Waals surface area contributed by atoms with Crippen LogP contribution < -0.4 is 9.47 Å². The number of nitriles is 1. The highest BCUT2D eigenvalue weighted by atomic mass is 16.5. The van der Waals surface area contributed by atoms with Gasteiger partial charge in [-0.1, -0.05) is 24.3 Å². The number of para-hydroxylation sites is 1. The van der Waals surface area contributed by atoms with Crippen molar-refractivity contribution in [1.29, 1.82) is 5.26 Å². The quantitative estimate of drug-likeness (QED) is 0.751.